The van der Waals surface area contributed by atoms with E-state index in [1.807, 2.05) is 0 Å². The zero-order valence-electron chi connectivity index (χ0n) is 37.7. The molecule has 0 unspecified atom stereocenters. The van der Waals surface area contributed by atoms with Gasteiger partial charge in [-0.2, -0.15) is 0 Å². The molecular weight excluding hydrogens is 739 g/mol. The van der Waals surface area contributed by atoms with Crippen molar-refractivity contribution in [1.82, 2.24) is 4.57 Å². The SMILES string of the molecule is Cc1cc2c(cc1N1B3c4c(cc5ccccc5c4-c4c1ccc1oc5ccccc5c41)-n1c4ccc(C(C)(C)C)cc4c4cc(C(C)(C)C)cc3c41)C(C)(C)CCC2(C)C. The van der Waals surface area contributed by atoms with Gasteiger partial charge >= 0.3 is 6.85 Å². The maximum absolute atomic E-state index is 6.75. The van der Waals surface area contributed by atoms with Crippen molar-refractivity contribution in [2.75, 3.05) is 4.81 Å². The van der Waals surface area contributed by atoms with Crippen molar-refractivity contribution in [3.05, 3.63) is 137 Å². The molecule has 4 heterocycles. The molecular formula is C57H55BN2O. The van der Waals surface area contributed by atoms with Gasteiger partial charge in [-0.05, 0) is 145 Å². The first-order valence-electron chi connectivity index (χ1n) is 22.5. The number of hydrogen-bond donors (Lipinski definition) is 0. The summed E-state index contributed by atoms with van der Waals surface area (Å²) in [5, 5.41) is 7.57. The second-order valence-electron chi connectivity index (χ2n) is 22.1. The number of anilines is 2. The highest BCUT2D eigenvalue weighted by atomic mass is 16.3. The van der Waals surface area contributed by atoms with Gasteiger partial charge in [-0.25, -0.2) is 0 Å². The average Bonchev–Trinajstić information content (AvgIpc) is 3.76. The van der Waals surface area contributed by atoms with Crippen molar-refractivity contribution < 1.29 is 4.42 Å². The maximum Gasteiger partial charge on any atom is 0.333 e. The number of aryl methyl sites for hydroxylation is 1. The van der Waals surface area contributed by atoms with Gasteiger partial charge in [-0.3, -0.25) is 0 Å². The first kappa shape index (κ1) is 37.1. The van der Waals surface area contributed by atoms with E-state index >= 15 is 0 Å². The van der Waals surface area contributed by atoms with Crippen molar-refractivity contribution in [2.45, 2.75) is 111 Å². The number of benzene rings is 7. The molecule has 0 N–H and O–H groups in total. The van der Waals surface area contributed by atoms with Crippen LogP contribution in [0.2, 0.25) is 0 Å². The zero-order valence-corrected chi connectivity index (χ0v) is 37.7. The maximum atomic E-state index is 6.75. The van der Waals surface area contributed by atoms with E-state index in [0.717, 1.165) is 16.6 Å². The number of nitrogens with zero attached hydrogens (tertiary/aromatic N) is 2. The number of para-hydroxylation sites is 1. The third kappa shape index (κ3) is 4.94. The van der Waals surface area contributed by atoms with Crippen molar-refractivity contribution in [3.63, 3.8) is 0 Å². The molecule has 12 rings (SSSR count). The molecule has 0 spiro atoms. The Labute approximate surface area is 360 Å². The Hall–Kier alpha value is -5.74. The molecule has 0 atom stereocenters. The second kappa shape index (κ2) is 11.8. The molecule has 9 aromatic rings. The summed E-state index contributed by atoms with van der Waals surface area (Å²) in [6.07, 6.45) is 2.36. The van der Waals surface area contributed by atoms with E-state index in [4.69, 9.17) is 4.42 Å². The lowest BCUT2D eigenvalue weighted by Crippen LogP contribution is -2.61. The Balaban J connectivity index is 1.32. The van der Waals surface area contributed by atoms with Crippen LogP contribution < -0.4 is 15.7 Å². The highest BCUT2D eigenvalue weighted by molar-refractivity contribution is 6.94. The molecule has 0 saturated carbocycles. The largest absolute Gasteiger partial charge is 0.456 e. The lowest BCUT2D eigenvalue weighted by Gasteiger charge is -2.46. The smallest absolute Gasteiger partial charge is 0.333 e. The fraction of sp³-hybridized carbons (Fsp3) is 0.298. The molecule has 2 aliphatic heterocycles. The fourth-order valence-corrected chi connectivity index (χ4v) is 11.7. The van der Waals surface area contributed by atoms with Crippen molar-refractivity contribution in [1.29, 1.82) is 0 Å². The lowest BCUT2D eigenvalue weighted by molar-refractivity contribution is 0.332. The summed E-state index contributed by atoms with van der Waals surface area (Å²) >= 11 is 0. The third-order valence-electron chi connectivity index (χ3n) is 15.2. The summed E-state index contributed by atoms with van der Waals surface area (Å²) in [6, 6.07) is 42.4. The molecule has 7 aromatic carbocycles. The van der Waals surface area contributed by atoms with E-state index in [-0.39, 0.29) is 28.5 Å². The van der Waals surface area contributed by atoms with Crippen molar-refractivity contribution in [3.8, 4) is 16.8 Å². The van der Waals surface area contributed by atoms with Gasteiger partial charge in [0.15, 0.2) is 0 Å². The third-order valence-corrected chi connectivity index (χ3v) is 15.2. The molecule has 61 heavy (non-hydrogen) atoms. The highest BCUT2D eigenvalue weighted by Gasteiger charge is 2.47. The minimum atomic E-state index is -0.0853. The molecule has 3 aliphatic rings. The molecule has 302 valence electrons. The number of aromatic nitrogens is 1. The van der Waals surface area contributed by atoms with E-state index in [2.05, 4.69) is 195 Å². The van der Waals surface area contributed by atoms with Crippen LogP contribution in [0.4, 0.5) is 11.4 Å². The Kier molecular flexibility index (Phi) is 7.16. The molecule has 0 radical (unpaired) electrons. The van der Waals surface area contributed by atoms with Gasteiger partial charge < -0.3 is 13.8 Å². The minimum Gasteiger partial charge on any atom is -0.456 e. The van der Waals surface area contributed by atoms with Gasteiger partial charge in [0, 0.05) is 44.2 Å². The summed E-state index contributed by atoms with van der Waals surface area (Å²) in [5.41, 5.74) is 20.8. The van der Waals surface area contributed by atoms with Crippen molar-refractivity contribution in [2.24, 2.45) is 0 Å². The predicted molar refractivity (Wildman–Crippen MR) is 262 cm³/mol. The number of hydrogen-bond acceptors (Lipinski definition) is 2. The quantitative estimate of drug-likeness (QED) is 0.154. The second-order valence-corrected chi connectivity index (χ2v) is 22.1. The molecule has 0 fully saturated rings. The Bertz CT molecular complexity index is 3410. The van der Waals surface area contributed by atoms with Crippen LogP contribution in [0.1, 0.15) is 110 Å². The van der Waals surface area contributed by atoms with Crippen LogP contribution in [-0.2, 0) is 21.7 Å². The van der Waals surface area contributed by atoms with Crippen LogP contribution in [0.25, 0.3) is 71.3 Å². The van der Waals surface area contributed by atoms with Crippen LogP contribution >= 0.6 is 0 Å². The molecule has 4 heteroatoms. The van der Waals surface area contributed by atoms with Gasteiger partial charge in [0.05, 0.1) is 11.0 Å². The minimum absolute atomic E-state index is 0.0174. The summed E-state index contributed by atoms with van der Waals surface area (Å²) in [5.74, 6) is 0. The van der Waals surface area contributed by atoms with E-state index in [1.54, 1.807) is 0 Å². The molecule has 1 aliphatic carbocycles. The molecule has 3 nitrogen and oxygen atoms in total. The topological polar surface area (TPSA) is 21.3 Å². The normalized spacial score (nSPS) is 16.5. The molecule has 0 bridgehead atoms. The van der Waals surface area contributed by atoms with Crippen molar-refractivity contribution >= 4 is 83.7 Å². The van der Waals surface area contributed by atoms with E-state index in [1.165, 1.54) is 118 Å². The first-order chi connectivity index (χ1) is 28.9. The van der Waals surface area contributed by atoms with Crippen LogP contribution in [0.15, 0.2) is 114 Å². The van der Waals surface area contributed by atoms with Gasteiger partial charge in [0.1, 0.15) is 11.2 Å². The highest BCUT2D eigenvalue weighted by Crippen LogP contribution is 2.54. The molecule has 0 amide bonds. The number of furan rings is 1. The van der Waals surface area contributed by atoms with Crippen LogP contribution in [0.3, 0.4) is 0 Å². The summed E-state index contributed by atoms with van der Waals surface area (Å²) < 4.78 is 9.39. The monoisotopic (exact) mass is 794 g/mol. The lowest BCUT2D eigenvalue weighted by atomic mass is 9.43. The predicted octanol–water partition coefficient (Wildman–Crippen LogP) is 14.3. The zero-order chi connectivity index (χ0) is 42.3. The number of fused-ring (bicyclic) bond motifs is 14. The van der Waals surface area contributed by atoms with Gasteiger partial charge in [-0.1, -0.05) is 130 Å². The van der Waals surface area contributed by atoms with E-state index in [0.29, 0.717) is 0 Å². The standard InChI is InChI=1S/C57H55BN2O/c1-32-26-40-41(57(10,11)25-24-56(40,8)9)31-45(32)60-44-22-23-48-49(37-18-14-15-19-47(37)61-48)51(44)50-36-17-13-12-16-33(36)27-46-52(50)58(60)42-30-35(55(5,6)7)29-39-38-28-34(54(2,3)4)20-21-43(38)59(46)53(39)42/h12-23,26-31H,24-25H2,1-11H3. The summed E-state index contributed by atoms with van der Waals surface area (Å²) in [6.45, 7) is 26.2. The van der Waals surface area contributed by atoms with E-state index in [9.17, 15) is 0 Å². The van der Waals surface area contributed by atoms with Gasteiger partial charge in [0.2, 0.25) is 0 Å². The summed E-state index contributed by atoms with van der Waals surface area (Å²) in [7, 11) is 0. The molecule has 0 saturated heterocycles. The summed E-state index contributed by atoms with van der Waals surface area (Å²) in [4.78, 5) is 2.77. The first-order valence-corrected chi connectivity index (χ1v) is 22.5. The fourth-order valence-electron chi connectivity index (χ4n) is 11.7. The number of rotatable bonds is 1. The van der Waals surface area contributed by atoms with Gasteiger partial charge in [-0.15, -0.1) is 0 Å². The molecule has 2 aromatic heterocycles. The van der Waals surface area contributed by atoms with Crippen LogP contribution in [0.5, 0.6) is 0 Å². The Morgan fingerprint density at radius 2 is 1.25 bits per heavy atom. The van der Waals surface area contributed by atoms with Gasteiger partial charge in [0.25, 0.3) is 0 Å². The van der Waals surface area contributed by atoms with Crippen LogP contribution in [0, 0.1) is 6.92 Å². The van der Waals surface area contributed by atoms with Crippen LogP contribution in [-0.4, -0.2) is 11.4 Å². The average molecular weight is 795 g/mol. The van der Waals surface area contributed by atoms with E-state index < -0.39 is 0 Å². The Morgan fingerprint density at radius 3 is 1.98 bits per heavy atom. The Morgan fingerprint density at radius 1 is 0.574 bits per heavy atom.